The van der Waals surface area contributed by atoms with E-state index in [4.69, 9.17) is 0 Å². The van der Waals surface area contributed by atoms with Gasteiger partial charge in [-0.15, -0.1) is 0 Å². The van der Waals surface area contributed by atoms with Gasteiger partial charge in [-0.25, -0.2) is 0 Å². The van der Waals surface area contributed by atoms with Crippen molar-refractivity contribution >= 4 is 5.91 Å². The third-order valence-electron chi connectivity index (χ3n) is 5.33. The van der Waals surface area contributed by atoms with E-state index in [1.807, 2.05) is 0 Å². The third-order valence-corrected chi connectivity index (χ3v) is 5.33. The second kappa shape index (κ2) is 6.25. The lowest BCUT2D eigenvalue weighted by Gasteiger charge is -2.17. The minimum absolute atomic E-state index is 0.315. The van der Waals surface area contributed by atoms with Gasteiger partial charge in [0.1, 0.15) is 0 Å². The Labute approximate surface area is 116 Å². The quantitative estimate of drug-likeness (QED) is 0.591. The zero-order valence-electron chi connectivity index (χ0n) is 12.0. The van der Waals surface area contributed by atoms with Gasteiger partial charge in [-0.2, -0.15) is 0 Å². The van der Waals surface area contributed by atoms with E-state index >= 15 is 0 Å². The molecule has 0 radical (unpaired) electrons. The third kappa shape index (κ3) is 3.71. The van der Waals surface area contributed by atoms with Gasteiger partial charge in [-0.3, -0.25) is 4.79 Å². The lowest BCUT2D eigenvalue weighted by molar-refractivity contribution is -0.125. The van der Waals surface area contributed by atoms with Crippen LogP contribution in [0, 0.1) is 17.8 Å². The highest BCUT2D eigenvalue weighted by atomic mass is 16.1. The van der Waals surface area contributed by atoms with E-state index in [1.54, 1.807) is 0 Å². The fourth-order valence-electron chi connectivity index (χ4n) is 4.02. The molecule has 3 aliphatic rings. The summed E-state index contributed by atoms with van der Waals surface area (Å²) in [5.41, 5.74) is 0. The van der Waals surface area contributed by atoms with Crippen LogP contribution in [0.5, 0.6) is 0 Å². The zero-order chi connectivity index (χ0) is 13.1. The van der Waals surface area contributed by atoms with Gasteiger partial charge in [-0.1, -0.05) is 25.7 Å². The average Bonchev–Trinajstić information content (AvgIpc) is 3.12. The SMILES string of the molecule is O=C(NCCNC1CCCCCC1)C1CC2CC2C1. The van der Waals surface area contributed by atoms with Crippen molar-refractivity contribution in [3.05, 3.63) is 0 Å². The fourth-order valence-corrected chi connectivity index (χ4v) is 4.02. The van der Waals surface area contributed by atoms with Crippen molar-refractivity contribution in [1.82, 2.24) is 10.6 Å². The van der Waals surface area contributed by atoms with E-state index < -0.39 is 0 Å². The molecule has 3 aliphatic carbocycles. The number of hydrogen-bond donors (Lipinski definition) is 2. The van der Waals surface area contributed by atoms with Crippen LogP contribution in [-0.4, -0.2) is 25.0 Å². The van der Waals surface area contributed by atoms with Crippen molar-refractivity contribution < 1.29 is 4.79 Å². The summed E-state index contributed by atoms with van der Waals surface area (Å²) < 4.78 is 0. The smallest absolute Gasteiger partial charge is 0.223 e. The van der Waals surface area contributed by atoms with Gasteiger partial charge >= 0.3 is 0 Å². The Kier molecular flexibility index (Phi) is 4.42. The summed E-state index contributed by atoms with van der Waals surface area (Å²) >= 11 is 0. The normalized spacial score (nSPS) is 34.6. The summed E-state index contributed by atoms with van der Waals surface area (Å²) in [7, 11) is 0. The predicted molar refractivity (Wildman–Crippen MR) is 76.8 cm³/mol. The molecule has 3 saturated carbocycles. The van der Waals surface area contributed by atoms with Gasteiger partial charge < -0.3 is 10.6 Å². The molecule has 2 unspecified atom stereocenters. The van der Waals surface area contributed by atoms with E-state index in [1.165, 1.54) is 44.9 Å². The molecule has 19 heavy (non-hydrogen) atoms. The minimum Gasteiger partial charge on any atom is -0.355 e. The van der Waals surface area contributed by atoms with Crippen LogP contribution >= 0.6 is 0 Å². The van der Waals surface area contributed by atoms with Crippen LogP contribution in [0.1, 0.15) is 57.8 Å². The Bertz CT molecular complexity index is 300. The molecular formula is C16H28N2O. The molecular weight excluding hydrogens is 236 g/mol. The molecule has 1 amide bonds. The first-order valence-electron chi connectivity index (χ1n) is 8.34. The topological polar surface area (TPSA) is 41.1 Å². The first-order chi connectivity index (χ1) is 9.33. The van der Waals surface area contributed by atoms with Crippen molar-refractivity contribution in [2.24, 2.45) is 17.8 Å². The molecule has 2 N–H and O–H groups in total. The second-order valence-electron chi connectivity index (χ2n) is 6.86. The number of hydrogen-bond acceptors (Lipinski definition) is 2. The summed E-state index contributed by atoms with van der Waals surface area (Å²) in [5, 5.41) is 6.73. The van der Waals surface area contributed by atoms with Crippen LogP contribution in [-0.2, 0) is 4.79 Å². The highest BCUT2D eigenvalue weighted by Crippen LogP contribution is 2.54. The number of fused-ring (bicyclic) bond motifs is 1. The van der Waals surface area contributed by atoms with Crippen molar-refractivity contribution in [3.63, 3.8) is 0 Å². The molecule has 3 nitrogen and oxygen atoms in total. The Hall–Kier alpha value is -0.570. The Morgan fingerprint density at radius 2 is 1.58 bits per heavy atom. The average molecular weight is 264 g/mol. The van der Waals surface area contributed by atoms with Crippen LogP contribution in [0.3, 0.4) is 0 Å². The summed E-state index contributed by atoms with van der Waals surface area (Å²) in [6, 6.07) is 0.693. The molecule has 2 atom stereocenters. The van der Waals surface area contributed by atoms with Crippen LogP contribution in [0.25, 0.3) is 0 Å². The van der Waals surface area contributed by atoms with E-state index in [2.05, 4.69) is 10.6 Å². The molecule has 3 rings (SSSR count). The molecule has 0 bridgehead atoms. The summed E-state index contributed by atoms with van der Waals surface area (Å²) in [6.07, 6.45) is 11.9. The van der Waals surface area contributed by atoms with Crippen molar-refractivity contribution in [3.8, 4) is 0 Å². The molecule has 0 aromatic carbocycles. The highest BCUT2D eigenvalue weighted by molar-refractivity contribution is 5.79. The van der Waals surface area contributed by atoms with Crippen LogP contribution < -0.4 is 10.6 Å². The second-order valence-corrected chi connectivity index (χ2v) is 6.86. The first-order valence-corrected chi connectivity index (χ1v) is 8.34. The number of nitrogens with one attached hydrogen (secondary N) is 2. The van der Waals surface area contributed by atoms with Gasteiger partial charge in [0.2, 0.25) is 5.91 Å². The molecule has 0 aliphatic heterocycles. The lowest BCUT2D eigenvalue weighted by Crippen LogP contribution is -2.38. The van der Waals surface area contributed by atoms with Crippen LogP contribution in [0.15, 0.2) is 0 Å². The number of carbonyl (C=O) groups is 1. The van der Waals surface area contributed by atoms with Gasteiger partial charge in [0.25, 0.3) is 0 Å². The fraction of sp³-hybridized carbons (Fsp3) is 0.938. The maximum Gasteiger partial charge on any atom is 0.223 e. The number of carbonyl (C=O) groups excluding carboxylic acids is 1. The largest absolute Gasteiger partial charge is 0.355 e. The molecule has 3 heteroatoms. The molecule has 108 valence electrons. The molecule has 0 aromatic rings. The molecule has 3 fully saturated rings. The Balaban J connectivity index is 1.26. The molecule has 0 spiro atoms. The van der Waals surface area contributed by atoms with Gasteiger partial charge in [0.15, 0.2) is 0 Å². The van der Waals surface area contributed by atoms with Gasteiger partial charge in [-0.05, 0) is 43.9 Å². The van der Waals surface area contributed by atoms with Crippen molar-refractivity contribution in [2.45, 2.75) is 63.8 Å². The monoisotopic (exact) mass is 264 g/mol. The Morgan fingerprint density at radius 1 is 0.895 bits per heavy atom. The van der Waals surface area contributed by atoms with Crippen LogP contribution in [0.4, 0.5) is 0 Å². The lowest BCUT2D eigenvalue weighted by atomic mass is 10.0. The summed E-state index contributed by atoms with van der Waals surface area (Å²) in [6.45, 7) is 1.75. The van der Waals surface area contributed by atoms with E-state index in [0.717, 1.165) is 37.8 Å². The van der Waals surface area contributed by atoms with E-state index in [-0.39, 0.29) is 0 Å². The summed E-state index contributed by atoms with van der Waals surface area (Å²) in [5.74, 6) is 2.45. The maximum absolute atomic E-state index is 12.0. The molecule has 0 heterocycles. The number of rotatable bonds is 5. The number of amides is 1. The Morgan fingerprint density at radius 3 is 2.26 bits per heavy atom. The zero-order valence-corrected chi connectivity index (χ0v) is 12.0. The maximum atomic E-state index is 12.0. The predicted octanol–water partition coefficient (Wildman–Crippen LogP) is 2.46. The van der Waals surface area contributed by atoms with Crippen molar-refractivity contribution in [2.75, 3.05) is 13.1 Å². The van der Waals surface area contributed by atoms with E-state index in [0.29, 0.717) is 17.9 Å². The molecule has 0 aromatic heterocycles. The summed E-state index contributed by atoms with van der Waals surface area (Å²) in [4.78, 5) is 12.0. The van der Waals surface area contributed by atoms with Crippen molar-refractivity contribution in [1.29, 1.82) is 0 Å². The van der Waals surface area contributed by atoms with Crippen LogP contribution in [0.2, 0.25) is 0 Å². The van der Waals surface area contributed by atoms with Gasteiger partial charge in [0, 0.05) is 25.0 Å². The van der Waals surface area contributed by atoms with Gasteiger partial charge in [0.05, 0.1) is 0 Å². The standard InChI is InChI=1S/C16H28N2O/c19-16(14-10-12-9-13(12)11-14)18-8-7-17-15-5-3-1-2-4-6-15/h12-15,17H,1-11H2,(H,18,19). The molecule has 0 saturated heterocycles. The first kappa shape index (κ1) is 13.4. The minimum atomic E-state index is 0.315. The highest BCUT2D eigenvalue weighted by Gasteiger charge is 2.47. The van der Waals surface area contributed by atoms with E-state index in [9.17, 15) is 4.79 Å².